The SMILES string of the molecule is Cc1ccc(C)c(-n2ccnc2SCC(=O)NCc2cccnc2N2CCN(C)CC2)c1. The number of anilines is 1. The van der Waals surface area contributed by atoms with Crippen molar-refractivity contribution >= 4 is 23.5 Å². The first-order valence-electron chi connectivity index (χ1n) is 10.9. The monoisotopic (exact) mass is 450 g/mol. The number of hydrogen-bond donors (Lipinski definition) is 1. The summed E-state index contributed by atoms with van der Waals surface area (Å²) < 4.78 is 2.05. The van der Waals surface area contributed by atoms with E-state index in [1.807, 2.05) is 29.1 Å². The maximum Gasteiger partial charge on any atom is 0.230 e. The maximum atomic E-state index is 12.6. The zero-order chi connectivity index (χ0) is 22.5. The minimum Gasteiger partial charge on any atom is -0.354 e. The summed E-state index contributed by atoms with van der Waals surface area (Å²) in [5, 5.41) is 3.87. The Kier molecular flexibility index (Phi) is 7.12. The molecule has 2 aromatic heterocycles. The molecule has 0 radical (unpaired) electrons. The number of likely N-dealkylation sites (N-methyl/N-ethyl adjacent to an activating group) is 1. The lowest BCUT2D eigenvalue weighted by molar-refractivity contribution is -0.118. The molecule has 1 N–H and O–H groups in total. The van der Waals surface area contributed by atoms with Gasteiger partial charge in [0.15, 0.2) is 5.16 Å². The number of aromatic nitrogens is 3. The number of piperazine rings is 1. The number of pyridine rings is 1. The molecule has 0 bridgehead atoms. The van der Waals surface area contributed by atoms with Crippen LogP contribution in [-0.2, 0) is 11.3 Å². The molecule has 1 fully saturated rings. The van der Waals surface area contributed by atoms with Crippen LogP contribution in [0.4, 0.5) is 5.82 Å². The predicted molar refractivity (Wildman–Crippen MR) is 130 cm³/mol. The molecule has 32 heavy (non-hydrogen) atoms. The van der Waals surface area contributed by atoms with E-state index in [0.29, 0.717) is 12.3 Å². The highest BCUT2D eigenvalue weighted by Gasteiger charge is 2.18. The molecular weight excluding hydrogens is 420 g/mol. The lowest BCUT2D eigenvalue weighted by Gasteiger charge is -2.34. The van der Waals surface area contributed by atoms with Crippen molar-refractivity contribution in [3.8, 4) is 5.69 Å². The van der Waals surface area contributed by atoms with Gasteiger partial charge in [-0.2, -0.15) is 0 Å². The quantitative estimate of drug-likeness (QED) is 0.558. The summed E-state index contributed by atoms with van der Waals surface area (Å²) in [6, 6.07) is 10.3. The standard InChI is InChI=1S/C24H30N6OS/c1-18-6-7-19(2)21(15-18)30-10-9-26-24(30)32-17-22(31)27-16-20-5-4-8-25-23(20)29-13-11-28(3)12-14-29/h4-10,15H,11-14,16-17H2,1-3H3,(H,27,31). The minimum absolute atomic E-state index is 0.0151. The van der Waals surface area contributed by atoms with Crippen LogP contribution in [0.2, 0.25) is 0 Å². The molecule has 0 saturated carbocycles. The fourth-order valence-electron chi connectivity index (χ4n) is 3.81. The van der Waals surface area contributed by atoms with E-state index in [-0.39, 0.29) is 5.91 Å². The second kappa shape index (κ2) is 10.2. The van der Waals surface area contributed by atoms with Gasteiger partial charge in [0.25, 0.3) is 0 Å². The molecule has 0 aliphatic carbocycles. The molecule has 3 heterocycles. The van der Waals surface area contributed by atoms with Crippen LogP contribution in [0.5, 0.6) is 0 Å². The Morgan fingerprint density at radius 1 is 1.09 bits per heavy atom. The first kappa shape index (κ1) is 22.4. The van der Waals surface area contributed by atoms with E-state index in [0.717, 1.165) is 48.4 Å². The molecular formula is C24H30N6OS. The Morgan fingerprint density at radius 2 is 1.91 bits per heavy atom. The van der Waals surface area contributed by atoms with E-state index >= 15 is 0 Å². The van der Waals surface area contributed by atoms with Crippen molar-refractivity contribution in [1.29, 1.82) is 0 Å². The molecule has 4 rings (SSSR count). The topological polar surface area (TPSA) is 66.3 Å². The second-order valence-corrected chi connectivity index (χ2v) is 9.15. The third-order valence-corrected chi connectivity index (χ3v) is 6.68. The van der Waals surface area contributed by atoms with Gasteiger partial charge >= 0.3 is 0 Å². The Bertz CT molecular complexity index is 1070. The number of hydrogen-bond acceptors (Lipinski definition) is 6. The zero-order valence-corrected chi connectivity index (χ0v) is 19.7. The average Bonchev–Trinajstić information content (AvgIpc) is 3.27. The number of benzene rings is 1. The average molecular weight is 451 g/mol. The number of nitrogens with zero attached hydrogens (tertiary/aromatic N) is 5. The highest BCUT2D eigenvalue weighted by atomic mass is 32.2. The molecule has 168 valence electrons. The number of carbonyl (C=O) groups is 1. The van der Waals surface area contributed by atoms with Crippen LogP contribution in [0.15, 0.2) is 54.1 Å². The largest absolute Gasteiger partial charge is 0.354 e. The first-order chi connectivity index (χ1) is 15.5. The predicted octanol–water partition coefficient (Wildman–Crippen LogP) is 3.04. The number of carbonyl (C=O) groups excluding carboxylic acids is 1. The molecule has 1 aliphatic heterocycles. The van der Waals surface area contributed by atoms with Crippen LogP contribution in [0, 0.1) is 13.8 Å². The van der Waals surface area contributed by atoms with Gasteiger partial charge in [0.2, 0.25) is 5.91 Å². The molecule has 0 unspecified atom stereocenters. The summed E-state index contributed by atoms with van der Waals surface area (Å²) in [7, 11) is 2.14. The van der Waals surface area contributed by atoms with Crippen molar-refractivity contribution in [3.63, 3.8) is 0 Å². The van der Waals surface area contributed by atoms with E-state index in [2.05, 4.69) is 64.2 Å². The number of amides is 1. The number of imidazole rings is 1. The summed E-state index contributed by atoms with van der Waals surface area (Å²) in [5.41, 5.74) is 4.51. The van der Waals surface area contributed by atoms with Gasteiger partial charge in [-0.25, -0.2) is 9.97 Å². The van der Waals surface area contributed by atoms with Gasteiger partial charge in [0, 0.05) is 56.9 Å². The van der Waals surface area contributed by atoms with Gasteiger partial charge in [-0.05, 0) is 44.2 Å². The van der Waals surface area contributed by atoms with Crippen molar-refractivity contribution in [3.05, 3.63) is 65.6 Å². The van der Waals surface area contributed by atoms with Crippen LogP contribution in [0.1, 0.15) is 16.7 Å². The Labute approximate surface area is 193 Å². The molecule has 0 spiro atoms. The van der Waals surface area contributed by atoms with Gasteiger partial charge in [-0.3, -0.25) is 9.36 Å². The molecule has 3 aromatic rings. The normalized spacial score (nSPS) is 14.5. The van der Waals surface area contributed by atoms with E-state index in [4.69, 9.17) is 0 Å². The summed E-state index contributed by atoms with van der Waals surface area (Å²) >= 11 is 1.45. The number of rotatable bonds is 7. The van der Waals surface area contributed by atoms with Gasteiger partial charge in [0.05, 0.1) is 11.4 Å². The van der Waals surface area contributed by atoms with E-state index < -0.39 is 0 Å². The van der Waals surface area contributed by atoms with Crippen molar-refractivity contribution in [1.82, 2.24) is 24.8 Å². The molecule has 1 saturated heterocycles. The Balaban J connectivity index is 1.36. The van der Waals surface area contributed by atoms with Gasteiger partial charge < -0.3 is 15.1 Å². The van der Waals surface area contributed by atoms with Crippen LogP contribution in [0.25, 0.3) is 5.69 Å². The number of aryl methyl sites for hydroxylation is 2. The lowest BCUT2D eigenvalue weighted by atomic mass is 10.1. The zero-order valence-electron chi connectivity index (χ0n) is 18.9. The van der Waals surface area contributed by atoms with E-state index in [9.17, 15) is 4.79 Å². The van der Waals surface area contributed by atoms with Crippen LogP contribution >= 0.6 is 11.8 Å². The first-order valence-corrected chi connectivity index (χ1v) is 11.9. The summed E-state index contributed by atoms with van der Waals surface area (Å²) in [6.45, 7) is 8.58. The van der Waals surface area contributed by atoms with Crippen molar-refractivity contribution in [2.24, 2.45) is 0 Å². The summed E-state index contributed by atoms with van der Waals surface area (Å²) in [6.07, 6.45) is 5.54. The third kappa shape index (κ3) is 5.31. The van der Waals surface area contributed by atoms with Gasteiger partial charge in [-0.15, -0.1) is 0 Å². The minimum atomic E-state index is -0.0151. The van der Waals surface area contributed by atoms with Crippen molar-refractivity contribution in [2.45, 2.75) is 25.5 Å². The smallest absolute Gasteiger partial charge is 0.230 e. The maximum absolute atomic E-state index is 12.6. The van der Waals surface area contributed by atoms with Gasteiger partial charge in [0.1, 0.15) is 5.82 Å². The molecule has 7 nitrogen and oxygen atoms in total. The summed E-state index contributed by atoms with van der Waals surface area (Å²) in [4.78, 5) is 26.3. The molecule has 1 aliphatic rings. The Morgan fingerprint density at radius 3 is 2.72 bits per heavy atom. The summed E-state index contributed by atoms with van der Waals surface area (Å²) in [5.74, 6) is 1.27. The second-order valence-electron chi connectivity index (χ2n) is 8.21. The van der Waals surface area contributed by atoms with Crippen molar-refractivity contribution in [2.75, 3.05) is 43.9 Å². The van der Waals surface area contributed by atoms with Crippen LogP contribution in [-0.4, -0.2) is 64.3 Å². The highest BCUT2D eigenvalue weighted by molar-refractivity contribution is 7.99. The van der Waals surface area contributed by atoms with Crippen LogP contribution in [0.3, 0.4) is 0 Å². The number of thioether (sulfide) groups is 1. The fourth-order valence-corrected chi connectivity index (χ4v) is 4.60. The van der Waals surface area contributed by atoms with E-state index in [1.54, 1.807) is 6.20 Å². The Hall–Kier alpha value is -2.84. The molecule has 1 aromatic carbocycles. The molecule has 1 amide bonds. The number of nitrogens with one attached hydrogen (secondary N) is 1. The van der Waals surface area contributed by atoms with E-state index in [1.165, 1.54) is 22.9 Å². The lowest BCUT2D eigenvalue weighted by Crippen LogP contribution is -2.45. The van der Waals surface area contributed by atoms with Crippen LogP contribution < -0.4 is 10.2 Å². The molecule has 0 atom stereocenters. The highest BCUT2D eigenvalue weighted by Crippen LogP contribution is 2.24. The fraction of sp³-hybridized carbons (Fsp3) is 0.375. The third-order valence-electron chi connectivity index (χ3n) is 5.71. The van der Waals surface area contributed by atoms with Crippen molar-refractivity contribution < 1.29 is 4.79 Å². The van der Waals surface area contributed by atoms with Gasteiger partial charge in [-0.1, -0.05) is 30.0 Å². The molecule has 8 heteroatoms.